The minimum atomic E-state index is -0.599. The maximum atomic E-state index is 11.7. The molecule has 3 rings (SSSR count). The number of aromatic nitrogens is 1. The lowest BCUT2D eigenvalue weighted by Gasteiger charge is -2.06. The lowest BCUT2D eigenvalue weighted by atomic mass is 10.1. The Hall–Kier alpha value is -2.21. The maximum absolute atomic E-state index is 11.7. The van der Waals surface area contributed by atoms with Gasteiger partial charge in [0.1, 0.15) is 15.6 Å². The zero-order valence-corrected chi connectivity index (χ0v) is 12.4. The first-order chi connectivity index (χ1) is 10.1. The second kappa shape index (κ2) is 5.29. The summed E-state index contributed by atoms with van der Waals surface area (Å²) in [6.45, 7) is 1.41. The zero-order valence-electron chi connectivity index (χ0n) is 11.6. The average molecular weight is 303 g/mol. The number of nitrogens with zero attached hydrogens (tertiary/aromatic N) is 1. The van der Waals surface area contributed by atoms with Crippen LogP contribution >= 0.6 is 11.3 Å². The molecule has 5 nitrogen and oxygen atoms in total. The van der Waals surface area contributed by atoms with Gasteiger partial charge < -0.3 is 9.47 Å². The smallest absolute Gasteiger partial charge is 0.358 e. The normalized spacial score (nSPS) is 16.2. The molecule has 1 aliphatic heterocycles. The van der Waals surface area contributed by atoms with E-state index in [2.05, 4.69) is 9.72 Å². The second-order valence-electron chi connectivity index (χ2n) is 4.70. The Balaban J connectivity index is 1.94. The highest BCUT2D eigenvalue weighted by molar-refractivity contribution is 7.14. The number of ketones is 1. The number of thiazole rings is 1. The highest BCUT2D eigenvalue weighted by Gasteiger charge is 2.30. The van der Waals surface area contributed by atoms with Crippen molar-refractivity contribution in [2.24, 2.45) is 0 Å². The van der Waals surface area contributed by atoms with E-state index in [1.54, 1.807) is 0 Å². The van der Waals surface area contributed by atoms with Crippen molar-refractivity contribution < 1.29 is 19.1 Å². The van der Waals surface area contributed by atoms with Gasteiger partial charge in [-0.25, -0.2) is 9.78 Å². The summed E-state index contributed by atoms with van der Waals surface area (Å²) in [5.41, 5.74) is 1.17. The standard InChI is InChI=1S/C15H13NO4S/c1-8(17)13-12(15(18)19-2)16-14(21-13)11-7-9-5-3-4-6-10(9)20-11/h3-6,11H,7H2,1-2H3. The molecule has 0 saturated carbocycles. The van der Waals surface area contributed by atoms with Gasteiger partial charge in [0, 0.05) is 13.3 Å². The highest BCUT2D eigenvalue weighted by atomic mass is 32.1. The van der Waals surface area contributed by atoms with Crippen molar-refractivity contribution in [1.82, 2.24) is 4.98 Å². The molecule has 0 aliphatic carbocycles. The molecule has 2 heterocycles. The third kappa shape index (κ3) is 2.42. The van der Waals surface area contributed by atoms with Gasteiger partial charge in [0.2, 0.25) is 0 Å². The van der Waals surface area contributed by atoms with Crippen LogP contribution in [-0.4, -0.2) is 23.8 Å². The Bertz CT molecular complexity index is 697. The number of Topliss-reactive ketones (excluding diaryl/α,β-unsaturated/α-hetero) is 1. The Morgan fingerprint density at radius 2 is 2.14 bits per heavy atom. The van der Waals surface area contributed by atoms with Crippen molar-refractivity contribution in [2.45, 2.75) is 19.4 Å². The average Bonchev–Trinajstić information content (AvgIpc) is 3.09. The highest BCUT2D eigenvalue weighted by Crippen LogP contribution is 2.38. The number of fused-ring (bicyclic) bond motifs is 1. The summed E-state index contributed by atoms with van der Waals surface area (Å²) in [4.78, 5) is 28.0. The van der Waals surface area contributed by atoms with Gasteiger partial charge in [-0.15, -0.1) is 11.3 Å². The van der Waals surface area contributed by atoms with Crippen LogP contribution in [0, 0.1) is 0 Å². The van der Waals surface area contributed by atoms with Crippen molar-refractivity contribution in [3.8, 4) is 5.75 Å². The molecule has 0 amide bonds. The number of carbonyl (C=O) groups is 2. The van der Waals surface area contributed by atoms with Crippen LogP contribution in [0.3, 0.4) is 0 Å². The molecule has 0 N–H and O–H groups in total. The first-order valence-corrected chi connectivity index (χ1v) is 7.26. The van der Waals surface area contributed by atoms with Crippen LogP contribution in [0.4, 0.5) is 0 Å². The van der Waals surface area contributed by atoms with E-state index in [-0.39, 0.29) is 17.6 Å². The van der Waals surface area contributed by atoms with E-state index in [4.69, 9.17) is 4.74 Å². The predicted molar refractivity (Wildman–Crippen MR) is 77.0 cm³/mol. The zero-order chi connectivity index (χ0) is 15.0. The number of hydrogen-bond acceptors (Lipinski definition) is 6. The first-order valence-electron chi connectivity index (χ1n) is 6.44. The number of para-hydroxylation sites is 1. The molecule has 1 aliphatic rings. The van der Waals surface area contributed by atoms with Crippen LogP contribution in [0.25, 0.3) is 0 Å². The largest absolute Gasteiger partial charge is 0.483 e. The van der Waals surface area contributed by atoms with E-state index in [1.807, 2.05) is 24.3 Å². The van der Waals surface area contributed by atoms with Gasteiger partial charge in [0.05, 0.1) is 7.11 Å². The number of ether oxygens (including phenoxy) is 2. The number of hydrogen-bond donors (Lipinski definition) is 0. The number of benzene rings is 1. The summed E-state index contributed by atoms with van der Waals surface area (Å²) < 4.78 is 10.5. The third-order valence-corrected chi connectivity index (χ3v) is 4.51. The van der Waals surface area contributed by atoms with E-state index < -0.39 is 5.97 Å². The molecule has 2 aromatic rings. The molecule has 1 aromatic heterocycles. The van der Waals surface area contributed by atoms with Crippen LogP contribution in [0.1, 0.15) is 43.8 Å². The van der Waals surface area contributed by atoms with E-state index in [0.717, 1.165) is 11.3 Å². The topological polar surface area (TPSA) is 65.5 Å². The summed E-state index contributed by atoms with van der Waals surface area (Å²) >= 11 is 1.19. The molecular formula is C15H13NO4S. The second-order valence-corrected chi connectivity index (χ2v) is 5.73. The summed E-state index contributed by atoms with van der Waals surface area (Å²) in [6, 6.07) is 7.75. The molecule has 6 heteroatoms. The van der Waals surface area contributed by atoms with E-state index in [9.17, 15) is 9.59 Å². The van der Waals surface area contributed by atoms with Gasteiger partial charge in [-0.1, -0.05) is 18.2 Å². The quantitative estimate of drug-likeness (QED) is 0.644. The molecule has 0 saturated heterocycles. The fourth-order valence-corrected chi connectivity index (χ4v) is 3.25. The molecule has 21 heavy (non-hydrogen) atoms. The van der Waals surface area contributed by atoms with Crippen molar-refractivity contribution in [2.75, 3.05) is 7.11 Å². The maximum Gasteiger partial charge on any atom is 0.358 e. The summed E-state index contributed by atoms with van der Waals surface area (Å²) in [7, 11) is 1.27. The fourth-order valence-electron chi connectivity index (χ4n) is 2.27. The molecule has 1 aromatic carbocycles. The molecule has 0 radical (unpaired) electrons. The van der Waals surface area contributed by atoms with E-state index in [0.29, 0.717) is 16.3 Å². The van der Waals surface area contributed by atoms with Crippen molar-refractivity contribution in [1.29, 1.82) is 0 Å². The minimum Gasteiger partial charge on any atom is -0.483 e. The van der Waals surface area contributed by atoms with Crippen LogP contribution in [0.5, 0.6) is 5.75 Å². The van der Waals surface area contributed by atoms with Crippen LogP contribution in [0.2, 0.25) is 0 Å². The molecule has 0 fully saturated rings. The van der Waals surface area contributed by atoms with Crippen LogP contribution in [-0.2, 0) is 11.2 Å². The molecule has 0 bridgehead atoms. The van der Waals surface area contributed by atoms with Crippen molar-refractivity contribution >= 4 is 23.1 Å². The van der Waals surface area contributed by atoms with Gasteiger partial charge in [0.25, 0.3) is 0 Å². The number of rotatable bonds is 3. The fraction of sp³-hybridized carbons (Fsp3) is 0.267. The Morgan fingerprint density at radius 3 is 2.81 bits per heavy atom. The lowest BCUT2D eigenvalue weighted by Crippen LogP contribution is -2.08. The van der Waals surface area contributed by atoms with Crippen molar-refractivity contribution in [3.63, 3.8) is 0 Å². The van der Waals surface area contributed by atoms with Crippen LogP contribution in [0.15, 0.2) is 24.3 Å². The van der Waals surface area contributed by atoms with Gasteiger partial charge in [0.15, 0.2) is 17.6 Å². The van der Waals surface area contributed by atoms with E-state index in [1.165, 1.54) is 25.4 Å². The molecule has 1 atom stereocenters. The minimum absolute atomic E-state index is 0.0737. The monoisotopic (exact) mass is 303 g/mol. The van der Waals surface area contributed by atoms with Gasteiger partial charge in [-0.3, -0.25) is 4.79 Å². The van der Waals surface area contributed by atoms with E-state index >= 15 is 0 Å². The number of methoxy groups -OCH3 is 1. The third-order valence-electron chi connectivity index (χ3n) is 3.26. The number of esters is 1. The Kier molecular flexibility index (Phi) is 3.47. The SMILES string of the molecule is COC(=O)c1nc(C2Cc3ccccc3O2)sc1C(C)=O. The van der Waals surface area contributed by atoms with Crippen LogP contribution < -0.4 is 4.74 Å². The predicted octanol–water partition coefficient (Wildman–Crippen LogP) is 2.81. The summed E-state index contributed by atoms with van der Waals surface area (Å²) in [6.07, 6.45) is 0.422. The number of carbonyl (C=O) groups excluding carboxylic acids is 2. The van der Waals surface area contributed by atoms with Gasteiger partial charge in [-0.05, 0) is 11.6 Å². The Labute approximate surface area is 125 Å². The molecule has 1 unspecified atom stereocenters. The summed E-state index contributed by atoms with van der Waals surface area (Å²) in [5.74, 6) is 0.0227. The molecular weight excluding hydrogens is 290 g/mol. The summed E-state index contributed by atoms with van der Waals surface area (Å²) in [5, 5.41) is 0.622. The van der Waals surface area contributed by atoms with Gasteiger partial charge >= 0.3 is 5.97 Å². The van der Waals surface area contributed by atoms with Crippen molar-refractivity contribution in [3.05, 3.63) is 45.4 Å². The van der Waals surface area contributed by atoms with Gasteiger partial charge in [-0.2, -0.15) is 0 Å². The first kappa shape index (κ1) is 13.8. The Morgan fingerprint density at radius 1 is 1.38 bits per heavy atom. The molecule has 108 valence electrons. The lowest BCUT2D eigenvalue weighted by molar-refractivity contribution is 0.0591. The molecule has 0 spiro atoms.